The third-order valence-corrected chi connectivity index (χ3v) is 6.97. The van der Waals surface area contributed by atoms with Gasteiger partial charge in [-0.1, -0.05) is 66.8 Å². The van der Waals surface area contributed by atoms with Crippen molar-refractivity contribution in [2.24, 2.45) is 5.92 Å². The standard InChI is InChI=1S/C24H26N4O4S2/c1-14(2)19(25-20(29)17-9-5-15(3)6-10-17)21(30)26-23-27-28-24(34-23)33-13-16-7-11-18(12-8-16)22(31)32-4/h5-12,14,19H,13H2,1-4H3,(H,25,29)(H,26,27,30)/t19-/m0/s1. The zero-order valence-electron chi connectivity index (χ0n) is 19.3. The summed E-state index contributed by atoms with van der Waals surface area (Å²) in [6.45, 7) is 5.68. The number of rotatable bonds is 9. The van der Waals surface area contributed by atoms with Crippen molar-refractivity contribution in [1.82, 2.24) is 15.5 Å². The minimum atomic E-state index is -0.720. The Morgan fingerprint density at radius 2 is 1.65 bits per heavy atom. The number of anilines is 1. The van der Waals surface area contributed by atoms with Crippen LogP contribution in [0, 0.1) is 12.8 Å². The van der Waals surface area contributed by atoms with Crippen molar-refractivity contribution >= 4 is 46.0 Å². The van der Waals surface area contributed by atoms with Crippen molar-refractivity contribution in [3.63, 3.8) is 0 Å². The van der Waals surface area contributed by atoms with Gasteiger partial charge in [0.25, 0.3) is 5.91 Å². The molecule has 3 aromatic rings. The van der Waals surface area contributed by atoms with Crippen molar-refractivity contribution in [2.75, 3.05) is 12.4 Å². The van der Waals surface area contributed by atoms with E-state index in [1.165, 1.54) is 30.2 Å². The quantitative estimate of drug-likeness (QED) is 0.257. The molecule has 34 heavy (non-hydrogen) atoms. The molecule has 0 unspecified atom stereocenters. The van der Waals surface area contributed by atoms with Crippen molar-refractivity contribution in [2.45, 2.75) is 36.9 Å². The highest BCUT2D eigenvalue weighted by molar-refractivity contribution is 8.00. The number of esters is 1. The van der Waals surface area contributed by atoms with Gasteiger partial charge in [-0.2, -0.15) is 0 Å². The van der Waals surface area contributed by atoms with Gasteiger partial charge in [0, 0.05) is 11.3 Å². The predicted octanol–water partition coefficient (Wildman–Crippen LogP) is 4.32. The van der Waals surface area contributed by atoms with Gasteiger partial charge in [0.2, 0.25) is 11.0 Å². The molecule has 0 aliphatic rings. The Balaban J connectivity index is 1.56. The Bertz CT molecular complexity index is 1140. The van der Waals surface area contributed by atoms with E-state index in [9.17, 15) is 14.4 Å². The van der Waals surface area contributed by atoms with Gasteiger partial charge in [-0.3, -0.25) is 14.9 Å². The molecule has 3 rings (SSSR count). The number of aromatic nitrogens is 2. The largest absolute Gasteiger partial charge is 0.465 e. The number of benzene rings is 2. The number of hydrogen-bond acceptors (Lipinski definition) is 8. The maximum atomic E-state index is 12.8. The average molecular weight is 499 g/mol. The molecule has 8 nitrogen and oxygen atoms in total. The van der Waals surface area contributed by atoms with E-state index in [1.54, 1.807) is 24.3 Å². The van der Waals surface area contributed by atoms with Crippen LogP contribution >= 0.6 is 23.1 Å². The van der Waals surface area contributed by atoms with Crippen LogP contribution in [0.1, 0.15) is 45.7 Å². The predicted molar refractivity (Wildman–Crippen MR) is 133 cm³/mol. The number of methoxy groups -OCH3 is 1. The van der Waals surface area contributed by atoms with Crippen LogP contribution in [0.4, 0.5) is 5.13 Å². The molecular formula is C24H26N4O4S2. The molecule has 1 aromatic heterocycles. The van der Waals surface area contributed by atoms with Crippen LogP contribution in [-0.4, -0.2) is 41.1 Å². The first-order valence-corrected chi connectivity index (χ1v) is 12.4. The molecule has 0 aliphatic carbocycles. The number of nitrogens with zero attached hydrogens (tertiary/aromatic N) is 2. The summed E-state index contributed by atoms with van der Waals surface area (Å²) in [5.74, 6) is -0.518. The van der Waals surface area contributed by atoms with Crippen molar-refractivity contribution in [3.8, 4) is 0 Å². The first-order valence-electron chi connectivity index (χ1n) is 10.6. The van der Waals surface area contributed by atoms with E-state index in [4.69, 9.17) is 4.74 Å². The van der Waals surface area contributed by atoms with E-state index in [0.29, 0.717) is 26.4 Å². The van der Waals surface area contributed by atoms with E-state index < -0.39 is 6.04 Å². The lowest BCUT2D eigenvalue weighted by molar-refractivity contribution is -0.118. The van der Waals surface area contributed by atoms with E-state index in [2.05, 4.69) is 20.8 Å². The summed E-state index contributed by atoms with van der Waals surface area (Å²) < 4.78 is 5.39. The maximum absolute atomic E-state index is 12.8. The number of amides is 2. The molecule has 10 heteroatoms. The Labute approximate surface area is 206 Å². The fraction of sp³-hybridized carbons (Fsp3) is 0.292. The minimum absolute atomic E-state index is 0.121. The normalized spacial score (nSPS) is 11.7. The molecule has 0 aliphatic heterocycles. The van der Waals surface area contributed by atoms with Gasteiger partial charge in [0.05, 0.1) is 12.7 Å². The van der Waals surface area contributed by atoms with Crippen LogP contribution in [0.3, 0.4) is 0 Å². The van der Waals surface area contributed by atoms with Gasteiger partial charge in [-0.15, -0.1) is 10.2 Å². The number of carbonyl (C=O) groups excluding carboxylic acids is 3. The van der Waals surface area contributed by atoms with Crippen LogP contribution < -0.4 is 10.6 Å². The first kappa shape index (κ1) is 25.4. The number of carbonyl (C=O) groups is 3. The molecule has 178 valence electrons. The molecule has 2 aromatic carbocycles. The van der Waals surface area contributed by atoms with Gasteiger partial charge in [-0.05, 0) is 42.7 Å². The second-order valence-corrected chi connectivity index (χ2v) is 10.1. The smallest absolute Gasteiger partial charge is 0.337 e. The first-order chi connectivity index (χ1) is 16.3. The summed E-state index contributed by atoms with van der Waals surface area (Å²) >= 11 is 2.73. The SMILES string of the molecule is COC(=O)c1ccc(CSc2nnc(NC(=O)[C@@H](NC(=O)c3ccc(C)cc3)C(C)C)s2)cc1. The zero-order chi connectivity index (χ0) is 24.7. The molecule has 0 bridgehead atoms. The van der Waals surface area contributed by atoms with Crippen LogP contribution in [0.15, 0.2) is 52.9 Å². The number of ether oxygens (including phenoxy) is 1. The van der Waals surface area contributed by atoms with Gasteiger partial charge in [-0.25, -0.2) is 4.79 Å². The zero-order valence-corrected chi connectivity index (χ0v) is 21.0. The molecule has 0 saturated heterocycles. The molecular weight excluding hydrogens is 472 g/mol. The Morgan fingerprint density at radius 1 is 1.00 bits per heavy atom. The second kappa shape index (κ2) is 11.8. The summed E-state index contributed by atoms with van der Waals surface area (Å²) in [5, 5.41) is 14.1. The molecule has 0 saturated carbocycles. The monoisotopic (exact) mass is 498 g/mol. The van der Waals surface area contributed by atoms with E-state index >= 15 is 0 Å². The molecule has 0 radical (unpaired) electrons. The van der Waals surface area contributed by atoms with Crippen LogP contribution in [-0.2, 0) is 15.3 Å². The number of thioether (sulfide) groups is 1. The fourth-order valence-electron chi connectivity index (χ4n) is 2.97. The average Bonchev–Trinajstić information content (AvgIpc) is 3.28. The number of nitrogens with one attached hydrogen (secondary N) is 2. The Kier molecular flexibility index (Phi) is 8.78. The highest BCUT2D eigenvalue weighted by Crippen LogP contribution is 2.28. The molecule has 2 amide bonds. The molecule has 0 fully saturated rings. The van der Waals surface area contributed by atoms with Crippen LogP contribution in [0.25, 0.3) is 0 Å². The molecule has 0 spiro atoms. The highest BCUT2D eigenvalue weighted by Gasteiger charge is 2.25. The maximum Gasteiger partial charge on any atom is 0.337 e. The Morgan fingerprint density at radius 3 is 2.26 bits per heavy atom. The van der Waals surface area contributed by atoms with Crippen LogP contribution in [0.2, 0.25) is 0 Å². The number of hydrogen-bond donors (Lipinski definition) is 2. The van der Waals surface area contributed by atoms with Gasteiger partial charge in [0.15, 0.2) is 4.34 Å². The second-order valence-electron chi connectivity index (χ2n) is 7.90. The third kappa shape index (κ3) is 6.88. The minimum Gasteiger partial charge on any atom is -0.465 e. The summed E-state index contributed by atoms with van der Waals surface area (Å²) in [6, 6.07) is 13.6. The summed E-state index contributed by atoms with van der Waals surface area (Å²) in [7, 11) is 1.35. The lowest BCUT2D eigenvalue weighted by atomic mass is 10.0. The van der Waals surface area contributed by atoms with Crippen molar-refractivity contribution in [3.05, 3.63) is 70.8 Å². The van der Waals surface area contributed by atoms with Gasteiger partial charge >= 0.3 is 5.97 Å². The third-order valence-electron chi connectivity index (χ3n) is 4.92. The van der Waals surface area contributed by atoms with Crippen molar-refractivity contribution in [1.29, 1.82) is 0 Å². The topological polar surface area (TPSA) is 110 Å². The molecule has 1 atom stereocenters. The van der Waals surface area contributed by atoms with E-state index in [-0.39, 0.29) is 23.7 Å². The van der Waals surface area contributed by atoms with Crippen LogP contribution in [0.5, 0.6) is 0 Å². The number of aryl methyl sites for hydroxylation is 1. The summed E-state index contributed by atoms with van der Waals surface area (Å²) in [5.41, 5.74) is 3.06. The summed E-state index contributed by atoms with van der Waals surface area (Å²) in [6.07, 6.45) is 0. The fourth-order valence-corrected chi connectivity index (χ4v) is 4.68. The molecule has 2 N–H and O–H groups in total. The van der Waals surface area contributed by atoms with E-state index in [1.807, 2.05) is 45.0 Å². The lowest BCUT2D eigenvalue weighted by Gasteiger charge is -2.21. The summed E-state index contributed by atoms with van der Waals surface area (Å²) in [4.78, 5) is 37.0. The van der Waals surface area contributed by atoms with Gasteiger partial charge in [0.1, 0.15) is 6.04 Å². The van der Waals surface area contributed by atoms with Gasteiger partial charge < -0.3 is 10.1 Å². The van der Waals surface area contributed by atoms with E-state index in [0.717, 1.165) is 11.1 Å². The highest BCUT2D eigenvalue weighted by atomic mass is 32.2. The lowest BCUT2D eigenvalue weighted by Crippen LogP contribution is -2.47. The van der Waals surface area contributed by atoms with Crippen molar-refractivity contribution < 1.29 is 19.1 Å². The molecule has 1 heterocycles. The Hall–Kier alpha value is -3.24.